The van der Waals surface area contributed by atoms with E-state index in [0.717, 1.165) is 83.9 Å². The molecule has 14 aromatic rings. The molecule has 0 aliphatic heterocycles. The fourth-order valence-corrected chi connectivity index (χ4v) is 11.5. The zero-order valence-corrected chi connectivity index (χ0v) is 70.8. The van der Waals surface area contributed by atoms with Crippen molar-refractivity contribution < 1.29 is 109 Å². The Labute approximate surface area is 679 Å². The van der Waals surface area contributed by atoms with E-state index in [1.54, 1.807) is 12.1 Å². The summed E-state index contributed by atoms with van der Waals surface area (Å²) in [5.74, 6) is -0.902. The second-order valence-corrected chi connectivity index (χ2v) is 27.8. The Bertz CT molecular complexity index is 5480. The van der Waals surface area contributed by atoms with E-state index < -0.39 is 17.0 Å². The smallest absolute Gasteiger partial charge is 0.164 e. The van der Waals surface area contributed by atoms with Gasteiger partial charge in [-0.15, -0.1) is 123 Å². The number of carbonyl (C=O) groups excluding carboxylic acids is 2. The van der Waals surface area contributed by atoms with E-state index in [2.05, 4.69) is 157 Å². The number of carbonyl (C=O) groups is 2. The van der Waals surface area contributed by atoms with Crippen LogP contribution in [0.2, 0.25) is 0 Å². The van der Waals surface area contributed by atoms with Crippen molar-refractivity contribution in [2.75, 3.05) is 0 Å². The first-order valence-electron chi connectivity index (χ1n) is 33.8. The third kappa shape index (κ3) is 22.5. The van der Waals surface area contributed by atoms with Gasteiger partial charge in [-0.05, 0) is 112 Å². The number of hydrogen-bond donors (Lipinski definition) is 2. The number of aliphatic hydroxyl groups excluding tert-OH is 2. The van der Waals surface area contributed by atoms with Gasteiger partial charge < -0.3 is 10.2 Å². The van der Waals surface area contributed by atoms with E-state index in [1.165, 1.54) is 82.6 Å². The molecule has 0 fully saturated rings. The number of hydrogen-bond acceptors (Lipinski definition) is 9. The Morgan fingerprint density at radius 2 is 0.981 bits per heavy atom. The number of allylic oxidation sites excluding steroid dienone is 4. The van der Waals surface area contributed by atoms with Crippen molar-refractivity contribution >= 4 is 66.0 Å². The van der Waals surface area contributed by atoms with Crippen LogP contribution in [-0.4, -0.2) is 41.7 Å². The van der Waals surface area contributed by atoms with Gasteiger partial charge in [0.25, 0.3) is 0 Å². The first kappa shape index (κ1) is 86.4. The van der Waals surface area contributed by atoms with Gasteiger partial charge in [0.15, 0.2) is 11.6 Å². The number of rotatable bonds is 6. The van der Waals surface area contributed by atoms with Crippen molar-refractivity contribution in [2.24, 2.45) is 10.8 Å². The second-order valence-electron chi connectivity index (χ2n) is 27.8. The van der Waals surface area contributed by atoms with Crippen molar-refractivity contribution in [3.05, 3.63) is 324 Å². The van der Waals surface area contributed by atoms with Crippen LogP contribution in [0.5, 0.6) is 0 Å². The Balaban J connectivity index is 0.000000205. The molecular weight excluding hydrogens is 2050 g/mol. The van der Waals surface area contributed by atoms with Crippen molar-refractivity contribution in [1.82, 2.24) is 19.9 Å². The van der Waals surface area contributed by atoms with Gasteiger partial charge in [-0.1, -0.05) is 225 Å². The number of para-hydroxylation sites is 3. The zero-order chi connectivity index (χ0) is 73.8. The summed E-state index contributed by atoms with van der Waals surface area (Å²) < 4.78 is 27.2. The third-order valence-corrected chi connectivity index (χ3v) is 17.0. The van der Waals surface area contributed by atoms with E-state index >= 15 is 0 Å². The average molecular weight is 2130 g/mol. The predicted molar refractivity (Wildman–Crippen MR) is 415 cm³/mol. The fourth-order valence-electron chi connectivity index (χ4n) is 11.5. The van der Waals surface area contributed by atoms with Crippen LogP contribution >= 0.6 is 0 Å². The molecule has 15 rings (SSSR count). The maximum absolute atomic E-state index is 14.1. The van der Waals surface area contributed by atoms with Gasteiger partial charge in [-0.3, -0.25) is 29.5 Å². The maximum atomic E-state index is 14.1. The maximum Gasteiger partial charge on any atom is 0.164 e. The van der Waals surface area contributed by atoms with Crippen LogP contribution in [0.4, 0.5) is 8.78 Å². The quantitative estimate of drug-likeness (QED) is 0.0942. The Kier molecular flexibility index (Phi) is 30.9. The molecule has 0 spiro atoms. The van der Waals surface area contributed by atoms with Gasteiger partial charge in [-0.25, -0.2) is 14.0 Å². The molecular formula is C92H79F2Ir4N5O4-4. The van der Waals surface area contributed by atoms with Crippen LogP contribution in [0.1, 0.15) is 97.1 Å². The number of halogens is 2. The van der Waals surface area contributed by atoms with Gasteiger partial charge in [0.05, 0.1) is 27.8 Å². The molecule has 10 aromatic carbocycles. The normalized spacial score (nSPS) is 11.7. The van der Waals surface area contributed by atoms with E-state index in [0.29, 0.717) is 16.8 Å². The van der Waals surface area contributed by atoms with Gasteiger partial charge in [0.2, 0.25) is 0 Å². The first-order valence-corrected chi connectivity index (χ1v) is 33.8. The number of nitrogens with zero attached hydrogens (tertiary/aromatic N) is 5. The monoisotopic (exact) mass is 2130 g/mol. The molecule has 1 aliphatic rings. The molecule has 0 saturated carbocycles. The number of aryl methyl sites for hydroxylation is 2. The molecule has 0 saturated heterocycles. The van der Waals surface area contributed by atoms with Crippen LogP contribution in [0, 0.1) is 71.9 Å². The van der Waals surface area contributed by atoms with Crippen LogP contribution in [0.25, 0.3) is 111 Å². The molecule has 1 aliphatic carbocycles. The fraction of sp³-hybridized carbons (Fsp3) is 0.163. The molecule has 0 bridgehead atoms. The number of nitriles is 1. The molecule has 107 heavy (non-hydrogen) atoms. The summed E-state index contributed by atoms with van der Waals surface area (Å²) in [7, 11) is 0. The predicted octanol–water partition coefficient (Wildman–Crippen LogP) is 23.2. The zero-order valence-electron chi connectivity index (χ0n) is 61.2. The minimum Gasteiger partial charge on any atom is -0.512 e. The van der Waals surface area contributed by atoms with Crippen LogP contribution < -0.4 is 0 Å². The van der Waals surface area contributed by atoms with Crippen molar-refractivity contribution in [1.29, 1.82) is 5.26 Å². The number of ketones is 2. The average Bonchev–Trinajstić information content (AvgIpc) is 1.59. The van der Waals surface area contributed by atoms with E-state index in [-0.39, 0.29) is 120 Å². The largest absolute Gasteiger partial charge is 0.512 e. The Hall–Kier alpha value is -9.53. The summed E-state index contributed by atoms with van der Waals surface area (Å²) in [6.07, 6.45) is 2.50. The van der Waals surface area contributed by atoms with Gasteiger partial charge in [0.1, 0.15) is 17.4 Å². The Morgan fingerprint density at radius 1 is 0.477 bits per heavy atom. The van der Waals surface area contributed by atoms with E-state index in [9.17, 15) is 23.5 Å². The molecule has 0 amide bonds. The summed E-state index contributed by atoms with van der Waals surface area (Å²) in [6.45, 7) is 22.4. The number of aliphatic hydroxyl groups is 2. The minimum absolute atomic E-state index is 0. The van der Waals surface area contributed by atoms with Gasteiger partial charge in [0, 0.05) is 115 Å². The van der Waals surface area contributed by atoms with Crippen LogP contribution in [0.3, 0.4) is 0 Å². The van der Waals surface area contributed by atoms with Crippen LogP contribution in [-0.2, 0) is 95.4 Å². The standard InChI is InChI=1S/C24H18N.C19H12N.C17H12F2N.C16H9N2.C11H20O2.C5H8O2.4Ir/c1-24(2)20-9-5-4-8-18(20)19-13-11-17(15-21(19)24)23-14-12-16-7-3-6-10-22(16)25-23;1-2-7-16-13-17(10-9-14(16)5-1)19-12-11-15-6-3-4-8-18(15)20-19;1-10-5-11(2)7-12(6-10)17-9-15(19)14-8-13(18)3-4-16(14)20-17;17-11-12-5-7-14(8-6-12)16-10-9-13-3-1-2-4-15(13)18-16;1-10(2,3)8(12)7-9(13)11(4,5)6;1-4(6)3-5(2)7;;;;/h3-14H,1-2H3;1-9,11-13H;3-6,8-9H,1-2H3;1-7,9-10H;7,12H,1-6H3;3,6H,1-2H3;;;;/q4*-1;;;;;;. The second kappa shape index (κ2) is 38.3. The van der Waals surface area contributed by atoms with E-state index in [4.69, 9.17) is 20.3 Å². The Morgan fingerprint density at radius 3 is 1.50 bits per heavy atom. The summed E-state index contributed by atoms with van der Waals surface area (Å²) in [5.41, 5.74) is 17.6. The molecule has 0 atom stereocenters. The molecule has 15 heteroatoms. The third-order valence-electron chi connectivity index (χ3n) is 17.0. The van der Waals surface area contributed by atoms with Crippen molar-refractivity contribution in [2.45, 2.75) is 88.5 Å². The number of pyridine rings is 4. The number of aromatic nitrogens is 4. The minimum atomic E-state index is -0.475. The SMILES string of the molecule is CC(=O)C=C(C)O.CC(C)(C)C(=O)C=C(O)C(C)(C)C.CC1(C)c2[c-]c(-c3ccc4ccccc4n3)ccc2-c2ccccc21.Cc1[c-]c(-c2cc(F)c3cc(F)ccc3n2)cc(C)c1.N#Cc1c[c-]c(-c2ccc3ccccc3n2)cc1.[Ir].[Ir].[Ir].[Ir].[c-]1cc2ccccc2cc1-c1ccc2ccccc2n1. The van der Waals surface area contributed by atoms with Gasteiger partial charge >= 0.3 is 0 Å². The van der Waals surface area contributed by atoms with Crippen molar-refractivity contribution in [3.63, 3.8) is 0 Å². The molecule has 550 valence electrons. The summed E-state index contributed by atoms with van der Waals surface area (Å²) in [4.78, 5) is 40.0. The summed E-state index contributed by atoms with van der Waals surface area (Å²) in [6, 6.07) is 92.2. The summed E-state index contributed by atoms with van der Waals surface area (Å²) in [5, 5.41) is 32.7. The van der Waals surface area contributed by atoms with Crippen molar-refractivity contribution in [3.8, 4) is 62.2 Å². The number of benzene rings is 10. The number of fused-ring (bicyclic) bond motifs is 8. The topological polar surface area (TPSA) is 150 Å². The molecule has 9 nitrogen and oxygen atoms in total. The molecule has 2 N–H and O–H groups in total. The molecule has 4 radical (unpaired) electrons. The van der Waals surface area contributed by atoms with Gasteiger partial charge in [-0.2, -0.15) is 0 Å². The van der Waals surface area contributed by atoms with Crippen LogP contribution in [0.15, 0.2) is 260 Å². The molecule has 0 unspecified atom stereocenters. The first-order chi connectivity index (χ1) is 49.1. The summed E-state index contributed by atoms with van der Waals surface area (Å²) >= 11 is 0. The molecule has 4 heterocycles. The van der Waals surface area contributed by atoms with E-state index in [1.807, 2.05) is 152 Å². The molecule has 4 aromatic heterocycles.